The number of rotatable bonds is 12. The predicted molar refractivity (Wildman–Crippen MR) is 189 cm³/mol. The first kappa shape index (κ1) is 40.2. The zero-order valence-corrected chi connectivity index (χ0v) is 34.3. The molecule has 0 saturated carbocycles. The number of ether oxygens (including phenoxy) is 1. The van der Waals surface area contributed by atoms with Crippen LogP contribution in [-0.2, 0) is 18.0 Å². The van der Waals surface area contributed by atoms with E-state index in [1.165, 1.54) is 11.3 Å². The molecule has 11 heteroatoms. The molecule has 0 aliphatic heterocycles. The van der Waals surface area contributed by atoms with Crippen molar-refractivity contribution in [2.24, 2.45) is 0 Å². The molecule has 0 bridgehead atoms. The summed E-state index contributed by atoms with van der Waals surface area (Å²) in [6, 6.07) is 3.01. The monoisotopic (exact) mass is 673 g/mol. The molecule has 7 nitrogen and oxygen atoms in total. The SMILES string of the molecule is CC(C)(C)OC(=O)N[C@H](CO[Si](C)(C)C(C)(C)C)[C@@H](O[Si](C)(C)C(C)(C)C)[C@@H](O[Si](C)(C)C(C)(C)C)C(=O)c1cccs1. The third kappa shape index (κ3) is 11.5. The summed E-state index contributed by atoms with van der Waals surface area (Å²) in [5, 5.41) is 4.63. The van der Waals surface area contributed by atoms with Crippen LogP contribution in [0, 0.1) is 0 Å². The van der Waals surface area contributed by atoms with Gasteiger partial charge >= 0.3 is 6.09 Å². The molecular formula is C32H63NO6SSi3. The number of carbonyl (C=O) groups is 2. The Morgan fingerprint density at radius 1 is 0.767 bits per heavy atom. The van der Waals surface area contributed by atoms with Gasteiger partial charge in [0, 0.05) is 0 Å². The lowest BCUT2D eigenvalue weighted by Gasteiger charge is -2.47. The van der Waals surface area contributed by atoms with E-state index in [0.29, 0.717) is 4.88 Å². The van der Waals surface area contributed by atoms with Gasteiger partial charge in [-0.1, -0.05) is 68.4 Å². The zero-order valence-electron chi connectivity index (χ0n) is 30.5. The number of ketones is 1. The van der Waals surface area contributed by atoms with E-state index < -0.39 is 54.9 Å². The number of Topliss-reactive ketones (excluding diaryl/α,β-unsaturated/α-hetero) is 1. The van der Waals surface area contributed by atoms with Gasteiger partial charge in [-0.05, 0) is 86.6 Å². The first-order valence-electron chi connectivity index (χ1n) is 15.5. The molecular weight excluding hydrogens is 611 g/mol. The van der Waals surface area contributed by atoms with Crippen LogP contribution in [0.4, 0.5) is 4.79 Å². The predicted octanol–water partition coefficient (Wildman–Crippen LogP) is 9.63. The smallest absolute Gasteiger partial charge is 0.408 e. The van der Waals surface area contributed by atoms with Crippen molar-refractivity contribution < 1.29 is 27.6 Å². The quantitative estimate of drug-likeness (QED) is 0.176. The molecule has 0 unspecified atom stereocenters. The van der Waals surface area contributed by atoms with Gasteiger partial charge in [0.25, 0.3) is 0 Å². The van der Waals surface area contributed by atoms with Gasteiger partial charge in [-0.3, -0.25) is 4.79 Å². The van der Waals surface area contributed by atoms with Crippen molar-refractivity contribution >= 4 is 48.2 Å². The number of nitrogens with one attached hydrogen (secondary N) is 1. The van der Waals surface area contributed by atoms with Gasteiger partial charge in [0.1, 0.15) is 17.8 Å². The van der Waals surface area contributed by atoms with Gasteiger partial charge in [0.15, 0.2) is 25.0 Å². The fraction of sp³-hybridized carbons (Fsp3) is 0.812. The summed E-state index contributed by atoms with van der Waals surface area (Å²) < 4.78 is 26.7. The van der Waals surface area contributed by atoms with E-state index >= 15 is 0 Å². The first-order valence-corrected chi connectivity index (χ1v) is 25.1. The number of carbonyl (C=O) groups excluding carboxylic acids is 2. The second-order valence-corrected chi connectivity index (χ2v) is 32.6. The van der Waals surface area contributed by atoms with Crippen LogP contribution in [0.15, 0.2) is 17.5 Å². The molecule has 0 aliphatic carbocycles. The average molecular weight is 674 g/mol. The van der Waals surface area contributed by atoms with Gasteiger partial charge < -0.3 is 23.3 Å². The minimum Gasteiger partial charge on any atom is -0.444 e. The molecule has 1 amide bonds. The van der Waals surface area contributed by atoms with E-state index in [4.69, 9.17) is 18.0 Å². The van der Waals surface area contributed by atoms with E-state index in [2.05, 4.69) is 107 Å². The largest absolute Gasteiger partial charge is 0.444 e. The normalized spacial score (nSPS) is 16.4. The summed E-state index contributed by atoms with van der Waals surface area (Å²) in [5.41, 5.74) is -0.700. The van der Waals surface area contributed by atoms with Crippen LogP contribution in [-0.4, -0.2) is 67.3 Å². The van der Waals surface area contributed by atoms with E-state index in [1.54, 1.807) is 0 Å². The highest BCUT2D eigenvalue weighted by Gasteiger charge is 2.50. The Labute approximate surface area is 270 Å². The number of amides is 1. The maximum atomic E-state index is 14.4. The molecule has 0 saturated heterocycles. The van der Waals surface area contributed by atoms with Crippen LogP contribution < -0.4 is 5.32 Å². The standard InChI is InChI=1S/C32H63NO6SSi3/c1-29(2,3)37-28(35)33-23(22-36-41(13,14)30(4,5)6)26(38-42(15,16)31(7,8)9)27(25(34)24-20-19-21-40-24)39-43(17,18)32(10,11)12/h19-21,23,26-27H,22H2,1-18H3,(H,33,35)/t23-,26-,27+/m1/s1. The second kappa shape index (κ2) is 13.9. The van der Waals surface area contributed by atoms with Crippen LogP contribution in [0.5, 0.6) is 0 Å². The van der Waals surface area contributed by atoms with Gasteiger partial charge in [-0.15, -0.1) is 11.3 Å². The second-order valence-electron chi connectivity index (χ2n) is 17.3. The van der Waals surface area contributed by atoms with Crippen LogP contribution >= 0.6 is 11.3 Å². The molecule has 1 aromatic rings. The summed E-state index contributed by atoms with van der Waals surface area (Å²) in [7, 11) is -7.25. The first-order chi connectivity index (χ1) is 18.9. The Kier molecular flexibility index (Phi) is 13.0. The number of hydrogen-bond acceptors (Lipinski definition) is 7. The third-order valence-corrected chi connectivity index (χ3v) is 23.6. The van der Waals surface area contributed by atoms with Crippen molar-refractivity contribution in [1.82, 2.24) is 5.32 Å². The fourth-order valence-electron chi connectivity index (χ4n) is 3.39. The molecule has 250 valence electrons. The van der Waals surface area contributed by atoms with Crippen molar-refractivity contribution in [2.75, 3.05) is 6.61 Å². The molecule has 1 N–H and O–H groups in total. The summed E-state index contributed by atoms with van der Waals surface area (Å²) in [6.07, 6.45) is -2.33. The van der Waals surface area contributed by atoms with Crippen LogP contribution in [0.25, 0.3) is 0 Å². The zero-order chi connectivity index (χ0) is 34.0. The van der Waals surface area contributed by atoms with Crippen molar-refractivity contribution in [3.05, 3.63) is 22.4 Å². The fourth-order valence-corrected chi connectivity index (χ4v) is 7.66. The van der Waals surface area contributed by atoms with Gasteiger partial charge in [-0.25, -0.2) is 4.79 Å². The molecule has 43 heavy (non-hydrogen) atoms. The maximum absolute atomic E-state index is 14.4. The van der Waals surface area contributed by atoms with Crippen molar-refractivity contribution in [1.29, 1.82) is 0 Å². The van der Waals surface area contributed by atoms with E-state index in [0.717, 1.165) is 0 Å². The van der Waals surface area contributed by atoms with Gasteiger partial charge in [-0.2, -0.15) is 0 Å². The number of alkyl carbamates (subject to hydrolysis) is 1. The topological polar surface area (TPSA) is 83.1 Å². The van der Waals surface area contributed by atoms with E-state index in [1.807, 2.05) is 38.3 Å². The highest BCUT2D eigenvalue weighted by Crippen LogP contribution is 2.42. The van der Waals surface area contributed by atoms with Gasteiger partial charge in [0.2, 0.25) is 5.78 Å². The minimum atomic E-state index is -2.50. The highest BCUT2D eigenvalue weighted by atomic mass is 32.1. The molecule has 1 aromatic heterocycles. The Morgan fingerprint density at radius 3 is 1.63 bits per heavy atom. The molecule has 0 fully saturated rings. The molecule has 0 aromatic carbocycles. The summed E-state index contributed by atoms with van der Waals surface area (Å²) in [5.74, 6) is -0.133. The lowest BCUT2D eigenvalue weighted by atomic mass is 10.0. The Morgan fingerprint density at radius 2 is 1.23 bits per heavy atom. The van der Waals surface area contributed by atoms with Gasteiger partial charge in [0.05, 0.1) is 17.5 Å². The Hall–Kier alpha value is -0.829. The van der Waals surface area contributed by atoms with Crippen LogP contribution in [0.2, 0.25) is 54.4 Å². The lowest BCUT2D eigenvalue weighted by Crippen LogP contribution is -2.62. The number of thiophene rings is 1. The Bertz CT molecular complexity index is 1060. The van der Waals surface area contributed by atoms with E-state index in [9.17, 15) is 9.59 Å². The molecule has 0 spiro atoms. The molecule has 1 heterocycles. The van der Waals surface area contributed by atoms with E-state index in [-0.39, 0.29) is 27.5 Å². The Balaban J connectivity index is 3.92. The number of hydrogen-bond donors (Lipinski definition) is 1. The average Bonchev–Trinajstić information content (AvgIpc) is 3.30. The van der Waals surface area contributed by atoms with Crippen molar-refractivity contribution in [3.63, 3.8) is 0 Å². The third-order valence-electron chi connectivity index (χ3n) is 9.31. The van der Waals surface area contributed by atoms with Crippen LogP contribution in [0.1, 0.15) is 92.8 Å². The molecule has 0 aliphatic rings. The van der Waals surface area contributed by atoms with Crippen LogP contribution in [0.3, 0.4) is 0 Å². The summed E-state index contributed by atoms with van der Waals surface area (Å²) in [4.78, 5) is 28.4. The molecule has 0 radical (unpaired) electrons. The highest BCUT2D eigenvalue weighted by molar-refractivity contribution is 7.12. The molecule has 3 atom stereocenters. The minimum absolute atomic E-state index is 0.0525. The molecule has 1 rings (SSSR count). The summed E-state index contributed by atoms with van der Waals surface area (Å²) >= 11 is 1.39. The lowest BCUT2D eigenvalue weighted by molar-refractivity contribution is -0.000928. The summed E-state index contributed by atoms with van der Waals surface area (Å²) in [6.45, 7) is 38.2. The maximum Gasteiger partial charge on any atom is 0.408 e. The van der Waals surface area contributed by atoms with Crippen molar-refractivity contribution in [3.8, 4) is 0 Å². The van der Waals surface area contributed by atoms with Crippen molar-refractivity contribution in [2.45, 2.75) is 161 Å².